The molecule has 12 aromatic rings. The van der Waals surface area contributed by atoms with Gasteiger partial charge in [-0.25, -0.2) is 45.7 Å². The van der Waals surface area contributed by atoms with E-state index in [-0.39, 0.29) is 205 Å². The van der Waals surface area contributed by atoms with Crippen molar-refractivity contribution >= 4 is 178 Å². The molecule has 3 amide bonds. The van der Waals surface area contributed by atoms with Gasteiger partial charge in [-0.15, -0.1) is 0 Å². The Bertz CT molecular complexity index is 6860. The molecule has 3 aromatic carbocycles. The molecule has 0 radical (unpaired) electrons. The summed E-state index contributed by atoms with van der Waals surface area (Å²) in [6, 6.07) is 13.7. The van der Waals surface area contributed by atoms with Gasteiger partial charge in [0.05, 0.1) is 126 Å². The van der Waals surface area contributed by atoms with Crippen molar-refractivity contribution in [2.45, 2.75) is 158 Å². The quantitative estimate of drug-likeness (QED) is 0.0282. The number of benzene rings is 3. The summed E-state index contributed by atoms with van der Waals surface area (Å²) in [7, 11) is 0. The average Bonchev–Trinajstić information content (AvgIpc) is 0.725. The van der Waals surface area contributed by atoms with Crippen LogP contribution in [0.5, 0.6) is 0 Å². The molecule has 0 unspecified atom stereocenters. The van der Waals surface area contributed by atoms with E-state index >= 15 is 4.39 Å². The van der Waals surface area contributed by atoms with Gasteiger partial charge in [0.1, 0.15) is 56.9 Å². The van der Waals surface area contributed by atoms with Gasteiger partial charge in [-0.2, -0.15) is 15.8 Å². The number of aromatic nitrogens is 9. The Kier molecular flexibility index (Phi) is 30.8. The number of nitriles is 3. The molecule has 12 heterocycles. The lowest BCUT2D eigenvalue weighted by Gasteiger charge is -2.45. The molecule has 0 bridgehead atoms. The highest BCUT2D eigenvalue weighted by molar-refractivity contribution is 6.46. The first-order valence-corrected chi connectivity index (χ1v) is 46.9. The maximum absolute atomic E-state index is 15.5. The molecule has 732 valence electrons. The first-order valence-electron chi connectivity index (χ1n) is 43.9. The molecule has 3 saturated heterocycles. The number of nitrogens with two attached hydrogens (primary N) is 3. The number of piperazine rings is 3. The summed E-state index contributed by atoms with van der Waals surface area (Å²) in [5.41, 5.74) is 16.2. The number of aryl methyl sites for hydroxylation is 3. The molecular formula is C99H90Cl8F7N21O6. The summed E-state index contributed by atoms with van der Waals surface area (Å²) < 4.78 is 107. The highest BCUT2D eigenvalue weighted by atomic mass is 35.5. The van der Waals surface area contributed by atoms with E-state index in [1.165, 1.54) is 50.1 Å². The van der Waals surface area contributed by atoms with Gasteiger partial charge in [0.2, 0.25) is 17.7 Å². The number of amides is 3. The number of carbonyl (C=O) groups excluding carboxylic acids is 3. The first-order chi connectivity index (χ1) is 66.5. The normalized spacial score (nSPS) is 16.6. The Morgan fingerprint density at radius 3 is 0.851 bits per heavy atom. The molecule has 3 aliphatic heterocycles. The highest BCUT2D eigenvalue weighted by Gasteiger charge is 2.42. The summed E-state index contributed by atoms with van der Waals surface area (Å²) in [6.45, 7) is 40.1. The molecule has 6 N–H and O–H groups in total. The summed E-state index contributed by atoms with van der Waals surface area (Å²) in [6.07, 6.45) is 8.54. The van der Waals surface area contributed by atoms with Gasteiger partial charge in [0.15, 0.2) is 40.7 Å². The van der Waals surface area contributed by atoms with Crippen molar-refractivity contribution in [3.8, 4) is 69.0 Å². The van der Waals surface area contributed by atoms with Crippen molar-refractivity contribution in [3.05, 3.63) is 255 Å². The van der Waals surface area contributed by atoms with Crippen LogP contribution in [0.2, 0.25) is 40.2 Å². The number of halogens is 15. The molecule has 0 aliphatic carbocycles. The number of nitrogen functional groups attached to an aromatic ring is 3. The van der Waals surface area contributed by atoms with Crippen LogP contribution >= 0.6 is 92.8 Å². The second kappa shape index (κ2) is 41.2. The first kappa shape index (κ1) is 105. The summed E-state index contributed by atoms with van der Waals surface area (Å²) in [5, 5.41) is 28.5. The fraction of sp³-hybridized carbons (Fsp3) is 0.303. The standard InChI is InChI=1S/2C33H30Cl3F2N7O2.C33H30Cl2F3N7O2/c2*1-7-21(46)44-16(5)12-43(13-17(44)6)31-18-10-20(34)29(22-23(35)24(36)25(37)26(38)27(22)40)42-32(18)45(33(47)19(31)11-39)30-15(4)8-9-41-28(30)14(2)3;1-7-21(46)44-16(5)12-43(13-17(44)6)31-18-10-20(34)29(22-24(36)23(35)25(37)26(38)27(22)40)42-32(18)45(33(47)19(31)11-39)30-15(4)8-9-41-28(30)14(2)3/h3*7-10,14,16-17H,1,12-13,40H2,2-6H3/t3*16-,17+. The van der Waals surface area contributed by atoms with Crippen molar-refractivity contribution in [1.29, 1.82) is 15.8 Å². The van der Waals surface area contributed by atoms with E-state index in [2.05, 4.69) is 57.9 Å². The number of nitrogens with zero attached hydrogens (tertiary/aromatic N) is 18. The Hall–Kier alpha value is -13.1. The van der Waals surface area contributed by atoms with Gasteiger partial charge in [0.25, 0.3) is 16.7 Å². The third-order valence-corrected chi connectivity index (χ3v) is 27.8. The van der Waals surface area contributed by atoms with Gasteiger partial charge in [0, 0.05) is 121 Å². The maximum Gasteiger partial charge on any atom is 0.276 e. The Morgan fingerprint density at radius 2 is 0.617 bits per heavy atom. The number of rotatable bonds is 15. The minimum atomic E-state index is -1.68. The minimum Gasteiger partial charge on any atom is -0.396 e. The molecule has 42 heteroatoms. The van der Waals surface area contributed by atoms with Crippen LogP contribution in [0.1, 0.15) is 151 Å². The lowest BCUT2D eigenvalue weighted by atomic mass is 10.0. The van der Waals surface area contributed by atoms with E-state index in [1.54, 1.807) is 77.2 Å². The van der Waals surface area contributed by atoms with Gasteiger partial charge >= 0.3 is 0 Å². The molecule has 0 spiro atoms. The van der Waals surface area contributed by atoms with Crippen LogP contribution in [0, 0.1) is 95.5 Å². The van der Waals surface area contributed by atoms with Crippen LogP contribution in [-0.4, -0.2) is 152 Å². The Labute approximate surface area is 844 Å². The molecule has 27 nitrogen and oxygen atoms in total. The Balaban J connectivity index is 0.000000178. The minimum absolute atomic E-state index is 0.0302. The fourth-order valence-electron chi connectivity index (χ4n) is 18.9. The van der Waals surface area contributed by atoms with Crippen LogP contribution in [0.15, 0.2) is 107 Å². The van der Waals surface area contributed by atoms with Crippen LogP contribution in [-0.2, 0) is 14.4 Å². The number of carbonyl (C=O) groups is 3. The number of pyridine rings is 9. The smallest absolute Gasteiger partial charge is 0.276 e. The molecule has 3 fully saturated rings. The van der Waals surface area contributed by atoms with Crippen LogP contribution in [0.4, 0.5) is 64.9 Å². The Morgan fingerprint density at radius 1 is 0.383 bits per heavy atom. The number of anilines is 6. The summed E-state index contributed by atoms with van der Waals surface area (Å²) in [5.74, 6) is -11.7. The van der Waals surface area contributed by atoms with Crippen molar-refractivity contribution < 1.29 is 45.1 Å². The number of hydrogen-bond acceptors (Lipinski definition) is 21. The van der Waals surface area contributed by atoms with E-state index in [1.807, 2.05) is 92.9 Å². The molecule has 9 aromatic heterocycles. The van der Waals surface area contributed by atoms with E-state index in [0.29, 0.717) is 61.6 Å². The number of hydrogen-bond donors (Lipinski definition) is 3. The second-order valence-corrected chi connectivity index (χ2v) is 38.5. The third-order valence-electron chi connectivity index (χ3n) is 25.0. The molecule has 0 saturated carbocycles. The SMILES string of the molecule is C=CC(=O)N1[C@H](C)CN(c2c(C#N)c(=O)n(-c3c(C)ccnc3C(C)C)c3nc(-c4c(N)c(F)c(F)c(Cl)c4Cl)c(Cl)cc23)C[C@@H]1C.C=CC(=O)N1[C@H](C)CN(c2c(C#N)c(=O)n(-c3c(C)ccnc3C(C)C)c3nc(-c4c(N)c(F)c(F)c(Cl)c4Cl)c(Cl)cc23)C[C@@H]1C.C=CC(=O)N1[C@H](C)CN(c2c(C#N)c(=O)n(-c3c(C)ccnc3C(C)C)c3nc(-c4c(N)c(F)c(F)c(Cl)c4F)c(Cl)cc23)C[C@@H]1C. The van der Waals surface area contributed by atoms with Crippen molar-refractivity contribution in [2.75, 3.05) is 71.2 Å². The van der Waals surface area contributed by atoms with Crippen LogP contribution in [0.3, 0.4) is 0 Å². The molecule has 141 heavy (non-hydrogen) atoms. The van der Waals surface area contributed by atoms with Crippen LogP contribution < -0.4 is 48.6 Å². The van der Waals surface area contributed by atoms with Crippen molar-refractivity contribution in [3.63, 3.8) is 0 Å². The van der Waals surface area contributed by atoms with Crippen LogP contribution in [0.25, 0.3) is 83.9 Å². The van der Waals surface area contributed by atoms with Gasteiger partial charge < -0.3 is 46.6 Å². The van der Waals surface area contributed by atoms with Crippen molar-refractivity contribution in [2.24, 2.45) is 0 Å². The number of fused-ring (bicyclic) bond motifs is 3. The van der Waals surface area contributed by atoms with Gasteiger partial charge in [-0.05, 0) is 151 Å². The lowest BCUT2D eigenvalue weighted by Crippen LogP contribution is -2.58. The van der Waals surface area contributed by atoms with E-state index in [4.69, 9.17) is 120 Å². The van der Waals surface area contributed by atoms with Crippen molar-refractivity contribution in [1.82, 2.24) is 58.3 Å². The zero-order chi connectivity index (χ0) is 104. The topological polar surface area (TPSA) is 363 Å². The average molecular weight is 2090 g/mol. The van der Waals surface area contributed by atoms with Gasteiger partial charge in [-0.3, -0.25) is 57.4 Å². The van der Waals surface area contributed by atoms with E-state index < -0.39 is 111 Å². The second-order valence-electron chi connectivity index (χ2n) is 35.3. The molecule has 3 aliphatic rings. The highest BCUT2D eigenvalue weighted by Crippen LogP contribution is 2.51. The molecule has 6 atom stereocenters. The zero-order valence-electron chi connectivity index (χ0n) is 78.4. The monoisotopic (exact) mass is 2080 g/mol. The molecular weight excluding hydrogens is 2000 g/mol. The summed E-state index contributed by atoms with van der Waals surface area (Å²) >= 11 is 51.0. The van der Waals surface area contributed by atoms with Gasteiger partial charge in [-0.1, -0.05) is 154 Å². The largest absolute Gasteiger partial charge is 0.396 e. The molecule has 15 rings (SSSR count). The van der Waals surface area contributed by atoms with E-state index in [9.17, 15) is 70.9 Å². The third kappa shape index (κ3) is 18.3. The summed E-state index contributed by atoms with van der Waals surface area (Å²) in [4.78, 5) is 120. The maximum atomic E-state index is 15.5. The van der Waals surface area contributed by atoms with E-state index in [0.717, 1.165) is 0 Å². The zero-order valence-corrected chi connectivity index (χ0v) is 84.4. The predicted octanol–water partition coefficient (Wildman–Crippen LogP) is 21.0. The predicted molar refractivity (Wildman–Crippen MR) is 540 cm³/mol. The lowest BCUT2D eigenvalue weighted by molar-refractivity contribution is -0.131. The fourth-order valence-corrected chi connectivity index (χ4v) is 20.7.